The molecule has 0 radical (unpaired) electrons. The summed E-state index contributed by atoms with van der Waals surface area (Å²) >= 11 is 0. The Morgan fingerprint density at radius 3 is 2.88 bits per heavy atom. The molecule has 0 aromatic heterocycles. The number of carbonyl (C=O) groups is 1. The van der Waals surface area contributed by atoms with E-state index in [1.165, 1.54) is 0 Å². The van der Waals surface area contributed by atoms with Crippen molar-refractivity contribution in [2.24, 2.45) is 0 Å². The lowest BCUT2D eigenvalue weighted by atomic mass is 10.1. The van der Waals surface area contributed by atoms with Gasteiger partial charge in [0.05, 0.1) is 0 Å². The van der Waals surface area contributed by atoms with E-state index in [0.29, 0.717) is 13.0 Å². The molecular weight excluding hydrogens is 212 g/mol. The SMILES string of the molecule is C=CCN(CC)C(=O)CCc1cccc(N)c1. The van der Waals surface area contributed by atoms with E-state index in [2.05, 4.69) is 6.58 Å². The van der Waals surface area contributed by atoms with Gasteiger partial charge >= 0.3 is 0 Å². The molecule has 92 valence electrons. The van der Waals surface area contributed by atoms with E-state index in [4.69, 9.17) is 5.73 Å². The summed E-state index contributed by atoms with van der Waals surface area (Å²) in [6.45, 7) is 6.97. The average Bonchev–Trinajstić information content (AvgIpc) is 2.33. The van der Waals surface area contributed by atoms with Crippen LogP contribution in [0.15, 0.2) is 36.9 Å². The van der Waals surface area contributed by atoms with Gasteiger partial charge in [-0.15, -0.1) is 6.58 Å². The van der Waals surface area contributed by atoms with Gasteiger partial charge in [0, 0.05) is 25.2 Å². The second-order valence-corrected chi connectivity index (χ2v) is 3.97. The van der Waals surface area contributed by atoms with Crippen LogP contribution < -0.4 is 5.73 Å². The summed E-state index contributed by atoms with van der Waals surface area (Å²) in [4.78, 5) is 13.7. The molecule has 1 amide bonds. The predicted molar refractivity (Wildman–Crippen MR) is 71.6 cm³/mol. The maximum Gasteiger partial charge on any atom is 0.223 e. The molecule has 0 saturated carbocycles. The largest absolute Gasteiger partial charge is 0.399 e. The minimum Gasteiger partial charge on any atom is -0.399 e. The van der Waals surface area contributed by atoms with Gasteiger partial charge in [0.2, 0.25) is 5.91 Å². The van der Waals surface area contributed by atoms with Crippen molar-refractivity contribution in [2.45, 2.75) is 19.8 Å². The first-order valence-electron chi connectivity index (χ1n) is 5.90. The third-order valence-corrected chi connectivity index (χ3v) is 2.66. The first-order valence-corrected chi connectivity index (χ1v) is 5.90. The van der Waals surface area contributed by atoms with Crippen molar-refractivity contribution in [3.63, 3.8) is 0 Å². The monoisotopic (exact) mass is 232 g/mol. The third-order valence-electron chi connectivity index (χ3n) is 2.66. The molecule has 0 fully saturated rings. The molecule has 1 rings (SSSR count). The Hall–Kier alpha value is -1.77. The Balaban J connectivity index is 2.49. The normalized spacial score (nSPS) is 9.94. The van der Waals surface area contributed by atoms with Gasteiger partial charge in [-0.1, -0.05) is 18.2 Å². The number of nitrogens with two attached hydrogens (primary N) is 1. The minimum atomic E-state index is 0.162. The Kier molecular flexibility index (Phi) is 5.27. The maximum absolute atomic E-state index is 11.9. The van der Waals surface area contributed by atoms with Crippen LogP contribution in [0.4, 0.5) is 5.69 Å². The highest BCUT2D eigenvalue weighted by atomic mass is 16.2. The van der Waals surface area contributed by atoms with Gasteiger partial charge < -0.3 is 10.6 Å². The Morgan fingerprint density at radius 2 is 2.29 bits per heavy atom. The van der Waals surface area contributed by atoms with Crippen molar-refractivity contribution in [2.75, 3.05) is 18.8 Å². The molecule has 1 aromatic rings. The van der Waals surface area contributed by atoms with E-state index in [-0.39, 0.29) is 5.91 Å². The second kappa shape index (κ2) is 6.74. The molecule has 0 aliphatic heterocycles. The van der Waals surface area contributed by atoms with Gasteiger partial charge in [-0.25, -0.2) is 0 Å². The molecule has 0 bridgehead atoms. The predicted octanol–water partition coefficient (Wildman–Crippen LogP) is 2.24. The zero-order valence-electron chi connectivity index (χ0n) is 10.4. The molecule has 1 aromatic carbocycles. The van der Waals surface area contributed by atoms with Crippen LogP contribution in [-0.4, -0.2) is 23.9 Å². The smallest absolute Gasteiger partial charge is 0.223 e. The van der Waals surface area contributed by atoms with Crippen LogP contribution in [0.1, 0.15) is 18.9 Å². The number of carbonyl (C=O) groups excluding carboxylic acids is 1. The zero-order valence-corrected chi connectivity index (χ0v) is 10.4. The summed E-state index contributed by atoms with van der Waals surface area (Å²) in [5, 5.41) is 0. The average molecular weight is 232 g/mol. The van der Waals surface area contributed by atoms with Gasteiger partial charge in [0.25, 0.3) is 0 Å². The summed E-state index contributed by atoms with van der Waals surface area (Å²) in [7, 11) is 0. The van der Waals surface area contributed by atoms with Crippen LogP contribution in [0.3, 0.4) is 0 Å². The summed E-state index contributed by atoms with van der Waals surface area (Å²) in [5.74, 6) is 0.162. The molecule has 0 atom stereocenters. The Morgan fingerprint density at radius 1 is 1.53 bits per heavy atom. The summed E-state index contributed by atoms with van der Waals surface area (Å²) in [5.41, 5.74) is 7.54. The number of aryl methyl sites for hydroxylation is 1. The summed E-state index contributed by atoms with van der Waals surface area (Å²) < 4.78 is 0. The third kappa shape index (κ3) is 4.31. The maximum atomic E-state index is 11.9. The zero-order chi connectivity index (χ0) is 12.7. The number of benzene rings is 1. The van der Waals surface area contributed by atoms with Gasteiger partial charge in [0.1, 0.15) is 0 Å². The molecule has 3 nitrogen and oxygen atoms in total. The molecule has 2 N–H and O–H groups in total. The van der Waals surface area contributed by atoms with Crippen molar-refractivity contribution in [1.82, 2.24) is 4.90 Å². The summed E-state index contributed by atoms with van der Waals surface area (Å²) in [6.07, 6.45) is 3.00. The fraction of sp³-hybridized carbons (Fsp3) is 0.357. The van der Waals surface area contributed by atoms with E-state index in [1.54, 1.807) is 11.0 Å². The van der Waals surface area contributed by atoms with E-state index in [9.17, 15) is 4.79 Å². The fourth-order valence-electron chi connectivity index (χ4n) is 1.72. The first kappa shape index (κ1) is 13.3. The quantitative estimate of drug-likeness (QED) is 0.604. The molecule has 0 saturated heterocycles. The number of nitrogens with zero attached hydrogens (tertiary/aromatic N) is 1. The van der Waals surface area contributed by atoms with Crippen LogP contribution in [-0.2, 0) is 11.2 Å². The van der Waals surface area contributed by atoms with Crippen LogP contribution in [0, 0.1) is 0 Å². The fourth-order valence-corrected chi connectivity index (χ4v) is 1.72. The van der Waals surface area contributed by atoms with E-state index >= 15 is 0 Å². The van der Waals surface area contributed by atoms with Crippen molar-refractivity contribution >= 4 is 11.6 Å². The highest BCUT2D eigenvalue weighted by molar-refractivity contribution is 5.76. The van der Waals surface area contributed by atoms with Crippen LogP contribution in [0.25, 0.3) is 0 Å². The lowest BCUT2D eigenvalue weighted by molar-refractivity contribution is -0.130. The molecular formula is C14H20N2O. The van der Waals surface area contributed by atoms with Crippen molar-refractivity contribution in [3.05, 3.63) is 42.5 Å². The molecule has 3 heteroatoms. The van der Waals surface area contributed by atoms with Gasteiger partial charge in [-0.3, -0.25) is 4.79 Å². The molecule has 0 spiro atoms. The number of hydrogen-bond donors (Lipinski definition) is 1. The second-order valence-electron chi connectivity index (χ2n) is 3.97. The number of likely N-dealkylation sites (N-methyl/N-ethyl adjacent to an activating group) is 1. The first-order chi connectivity index (χ1) is 8.17. The number of hydrogen-bond acceptors (Lipinski definition) is 2. The number of nitrogen functional groups attached to an aromatic ring is 1. The number of amides is 1. The standard InChI is InChI=1S/C14H20N2O/c1-3-10-16(4-2)14(17)9-8-12-6-5-7-13(15)11-12/h3,5-7,11H,1,4,8-10,15H2,2H3. The van der Waals surface area contributed by atoms with Crippen LogP contribution in [0.2, 0.25) is 0 Å². The lowest BCUT2D eigenvalue weighted by Gasteiger charge is -2.18. The van der Waals surface area contributed by atoms with Crippen molar-refractivity contribution in [1.29, 1.82) is 0 Å². The van der Waals surface area contributed by atoms with Crippen LogP contribution in [0.5, 0.6) is 0 Å². The highest BCUT2D eigenvalue weighted by Crippen LogP contribution is 2.09. The van der Waals surface area contributed by atoms with Crippen molar-refractivity contribution < 1.29 is 4.79 Å². The highest BCUT2D eigenvalue weighted by Gasteiger charge is 2.09. The molecule has 0 aliphatic carbocycles. The van der Waals surface area contributed by atoms with E-state index in [0.717, 1.165) is 24.2 Å². The topological polar surface area (TPSA) is 46.3 Å². The molecule has 17 heavy (non-hydrogen) atoms. The van der Waals surface area contributed by atoms with Gasteiger partial charge in [-0.2, -0.15) is 0 Å². The van der Waals surface area contributed by atoms with Crippen LogP contribution >= 0.6 is 0 Å². The minimum absolute atomic E-state index is 0.162. The summed E-state index contributed by atoms with van der Waals surface area (Å²) in [6, 6.07) is 7.67. The molecule has 0 unspecified atom stereocenters. The lowest BCUT2D eigenvalue weighted by Crippen LogP contribution is -2.30. The molecule has 0 heterocycles. The number of anilines is 1. The van der Waals surface area contributed by atoms with Gasteiger partial charge in [0.15, 0.2) is 0 Å². The van der Waals surface area contributed by atoms with Gasteiger partial charge in [-0.05, 0) is 31.0 Å². The Labute approximate surface area is 103 Å². The van der Waals surface area contributed by atoms with Crippen molar-refractivity contribution in [3.8, 4) is 0 Å². The molecule has 0 aliphatic rings. The number of rotatable bonds is 6. The van der Waals surface area contributed by atoms with E-state index in [1.807, 2.05) is 31.2 Å². The Bertz CT molecular complexity index is 388. The van der Waals surface area contributed by atoms with E-state index < -0.39 is 0 Å².